The molecule has 1 aliphatic heterocycles. The van der Waals surface area contributed by atoms with Gasteiger partial charge in [-0.1, -0.05) is 18.2 Å². The minimum atomic E-state index is -0.440. The maximum atomic E-state index is 10.9. The molecular weight excluding hydrogens is 338 g/mol. The van der Waals surface area contributed by atoms with Crippen molar-refractivity contribution < 1.29 is 9.66 Å². The van der Waals surface area contributed by atoms with Crippen molar-refractivity contribution in [1.29, 1.82) is 0 Å². The van der Waals surface area contributed by atoms with Crippen molar-refractivity contribution in [3.8, 4) is 5.75 Å². The van der Waals surface area contributed by atoms with Crippen LogP contribution in [0.4, 0.5) is 11.5 Å². The van der Waals surface area contributed by atoms with Crippen molar-refractivity contribution in [3.63, 3.8) is 0 Å². The van der Waals surface area contributed by atoms with Crippen LogP contribution in [-0.4, -0.2) is 16.5 Å². The van der Waals surface area contributed by atoms with Crippen molar-refractivity contribution in [2.45, 2.75) is 13.0 Å². The molecule has 1 atom stereocenters. The molecule has 1 aliphatic rings. The Morgan fingerprint density at radius 2 is 2.24 bits per heavy atom. The first kappa shape index (κ1) is 13.8. The topological polar surface area (TPSA) is 77.3 Å². The van der Waals surface area contributed by atoms with Gasteiger partial charge < -0.3 is 10.1 Å². The number of aromatic nitrogens is 1. The molecule has 0 fully saturated rings. The minimum absolute atomic E-state index is 0.00417. The smallest absolute Gasteiger partial charge is 0.291 e. The molecule has 1 N–H and O–H groups in total. The van der Waals surface area contributed by atoms with Gasteiger partial charge in [0.15, 0.2) is 0 Å². The number of hydrogen-bond donors (Lipinski definition) is 1. The van der Waals surface area contributed by atoms with E-state index in [1.54, 1.807) is 6.92 Å². The van der Waals surface area contributed by atoms with Crippen LogP contribution in [0.3, 0.4) is 0 Å². The maximum absolute atomic E-state index is 10.9. The Labute approximate surface area is 129 Å². The van der Waals surface area contributed by atoms with Crippen LogP contribution in [0.25, 0.3) is 0 Å². The third kappa shape index (κ3) is 2.44. The van der Waals surface area contributed by atoms with E-state index in [4.69, 9.17) is 4.74 Å². The molecule has 0 aliphatic carbocycles. The summed E-state index contributed by atoms with van der Waals surface area (Å²) in [6.07, 6.45) is 1.27. The molecule has 2 heterocycles. The molecule has 1 aromatic carbocycles. The molecule has 2 aromatic rings. The van der Waals surface area contributed by atoms with Crippen LogP contribution in [0.5, 0.6) is 5.75 Å². The quantitative estimate of drug-likeness (QED) is 0.676. The van der Waals surface area contributed by atoms with Crippen LogP contribution in [-0.2, 0) is 0 Å². The number of benzene rings is 1. The van der Waals surface area contributed by atoms with Crippen LogP contribution in [0.2, 0.25) is 0 Å². The molecule has 3 rings (SSSR count). The van der Waals surface area contributed by atoms with Crippen molar-refractivity contribution in [2.24, 2.45) is 0 Å². The van der Waals surface area contributed by atoms with Gasteiger partial charge in [0.2, 0.25) is 0 Å². The Bertz CT molecular complexity index is 721. The van der Waals surface area contributed by atoms with E-state index in [0.717, 1.165) is 11.3 Å². The second-order valence-corrected chi connectivity index (χ2v) is 5.53. The van der Waals surface area contributed by atoms with Crippen LogP contribution >= 0.6 is 15.9 Å². The second kappa shape index (κ2) is 5.33. The number of nitrogens with one attached hydrogen (secondary N) is 1. The zero-order chi connectivity index (χ0) is 15.0. The minimum Gasteiger partial charge on any atom is -0.491 e. The number of nitrogens with zero attached hydrogens (tertiary/aromatic N) is 2. The van der Waals surface area contributed by atoms with E-state index >= 15 is 0 Å². The molecule has 1 unspecified atom stereocenters. The standard InChI is InChI=1S/C14H12BrN3O3/c1-8-11(18(19)20)6-16-14(13(8)15)17-10-7-21-12-5-3-2-4-9(10)12/h2-6,10H,7H2,1H3,(H,16,17). The number of hydrogen-bond acceptors (Lipinski definition) is 5. The summed E-state index contributed by atoms with van der Waals surface area (Å²) in [6, 6.07) is 7.76. The monoisotopic (exact) mass is 349 g/mol. The first-order valence-electron chi connectivity index (χ1n) is 6.35. The fourth-order valence-electron chi connectivity index (χ4n) is 2.30. The summed E-state index contributed by atoms with van der Waals surface area (Å²) in [5.41, 5.74) is 1.60. The summed E-state index contributed by atoms with van der Waals surface area (Å²) >= 11 is 3.38. The summed E-state index contributed by atoms with van der Waals surface area (Å²) in [7, 11) is 0. The highest BCUT2D eigenvalue weighted by atomic mass is 79.9. The van der Waals surface area contributed by atoms with E-state index in [2.05, 4.69) is 26.2 Å². The van der Waals surface area contributed by atoms with Gasteiger partial charge >= 0.3 is 0 Å². The maximum Gasteiger partial charge on any atom is 0.291 e. The van der Waals surface area contributed by atoms with E-state index in [1.807, 2.05) is 24.3 Å². The van der Waals surface area contributed by atoms with Gasteiger partial charge in [-0.15, -0.1) is 0 Å². The molecule has 0 saturated carbocycles. The van der Waals surface area contributed by atoms with Crippen molar-refractivity contribution in [3.05, 3.63) is 56.2 Å². The molecule has 0 saturated heterocycles. The van der Waals surface area contributed by atoms with Crippen molar-refractivity contribution >= 4 is 27.4 Å². The van der Waals surface area contributed by atoms with Gasteiger partial charge in [-0.25, -0.2) is 4.98 Å². The molecule has 1 aromatic heterocycles. The van der Waals surface area contributed by atoms with Crippen LogP contribution in [0.15, 0.2) is 34.9 Å². The highest BCUT2D eigenvalue weighted by Gasteiger charge is 2.25. The Morgan fingerprint density at radius 1 is 1.48 bits per heavy atom. The Balaban J connectivity index is 1.90. The molecule has 21 heavy (non-hydrogen) atoms. The summed E-state index contributed by atoms with van der Waals surface area (Å²) in [5.74, 6) is 1.42. The first-order valence-corrected chi connectivity index (χ1v) is 7.15. The van der Waals surface area contributed by atoms with Gasteiger partial charge in [0.25, 0.3) is 5.69 Å². The van der Waals surface area contributed by atoms with Gasteiger partial charge in [-0.2, -0.15) is 0 Å². The molecule has 6 nitrogen and oxygen atoms in total. The van der Waals surface area contributed by atoms with Gasteiger partial charge in [0, 0.05) is 11.1 Å². The number of nitro groups is 1. The van der Waals surface area contributed by atoms with E-state index < -0.39 is 4.92 Å². The zero-order valence-corrected chi connectivity index (χ0v) is 12.8. The lowest BCUT2D eigenvalue weighted by Crippen LogP contribution is -2.14. The number of pyridine rings is 1. The summed E-state index contributed by atoms with van der Waals surface area (Å²) in [4.78, 5) is 14.6. The van der Waals surface area contributed by atoms with Gasteiger partial charge in [0.05, 0.1) is 15.4 Å². The SMILES string of the molecule is Cc1c([N+](=O)[O-])cnc(NC2COc3ccccc32)c1Br. The van der Waals surface area contributed by atoms with E-state index in [1.165, 1.54) is 6.20 Å². The molecule has 0 bridgehead atoms. The van der Waals surface area contributed by atoms with E-state index in [0.29, 0.717) is 22.5 Å². The fourth-order valence-corrected chi connectivity index (χ4v) is 2.72. The van der Waals surface area contributed by atoms with Gasteiger partial charge in [0.1, 0.15) is 24.4 Å². The van der Waals surface area contributed by atoms with Gasteiger partial charge in [-0.3, -0.25) is 10.1 Å². The third-order valence-corrected chi connectivity index (χ3v) is 4.42. The Hall–Kier alpha value is -2.15. The number of fused-ring (bicyclic) bond motifs is 1. The average molecular weight is 350 g/mol. The second-order valence-electron chi connectivity index (χ2n) is 4.73. The number of anilines is 1. The average Bonchev–Trinajstić information content (AvgIpc) is 2.87. The highest BCUT2D eigenvalue weighted by molar-refractivity contribution is 9.10. The van der Waals surface area contributed by atoms with E-state index in [-0.39, 0.29) is 11.7 Å². The number of rotatable bonds is 3. The number of halogens is 1. The largest absolute Gasteiger partial charge is 0.491 e. The van der Waals surface area contributed by atoms with Crippen LogP contribution in [0, 0.1) is 17.0 Å². The lowest BCUT2D eigenvalue weighted by Gasteiger charge is -2.14. The molecular formula is C14H12BrN3O3. The Morgan fingerprint density at radius 3 is 3.00 bits per heavy atom. The number of para-hydroxylation sites is 1. The summed E-state index contributed by atoms with van der Waals surface area (Å²) in [5, 5.41) is 14.2. The van der Waals surface area contributed by atoms with Crippen molar-refractivity contribution in [2.75, 3.05) is 11.9 Å². The predicted octanol–water partition coefficient (Wildman–Crippen LogP) is 3.61. The molecule has 108 valence electrons. The van der Waals surface area contributed by atoms with Crippen LogP contribution in [0.1, 0.15) is 17.2 Å². The normalized spacial score (nSPS) is 16.2. The summed E-state index contributed by atoms with van der Waals surface area (Å²) < 4.78 is 6.20. The predicted molar refractivity (Wildman–Crippen MR) is 81.6 cm³/mol. The summed E-state index contributed by atoms with van der Waals surface area (Å²) in [6.45, 7) is 2.19. The fraction of sp³-hybridized carbons (Fsp3) is 0.214. The first-order chi connectivity index (χ1) is 10.1. The van der Waals surface area contributed by atoms with E-state index in [9.17, 15) is 10.1 Å². The Kier molecular flexibility index (Phi) is 3.50. The zero-order valence-electron chi connectivity index (χ0n) is 11.2. The molecule has 0 amide bonds. The van der Waals surface area contributed by atoms with Crippen LogP contribution < -0.4 is 10.1 Å². The molecule has 0 radical (unpaired) electrons. The molecule has 0 spiro atoms. The number of ether oxygens (including phenoxy) is 1. The molecule has 7 heteroatoms. The van der Waals surface area contributed by atoms with Gasteiger partial charge in [-0.05, 0) is 28.9 Å². The highest BCUT2D eigenvalue weighted by Crippen LogP contribution is 2.37. The lowest BCUT2D eigenvalue weighted by molar-refractivity contribution is -0.385. The van der Waals surface area contributed by atoms with Crippen molar-refractivity contribution in [1.82, 2.24) is 4.98 Å². The lowest BCUT2D eigenvalue weighted by atomic mass is 10.1. The third-order valence-electron chi connectivity index (χ3n) is 3.44.